The Balaban J connectivity index is 2.14. The van der Waals surface area contributed by atoms with Crippen molar-refractivity contribution in [2.24, 2.45) is 5.92 Å². The van der Waals surface area contributed by atoms with E-state index in [1.807, 2.05) is 6.92 Å². The van der Waals surface area contributed by atoms with Crippen molar-refractivity contribution < 1.29 is 13.2 Å². The first-order chi connectivity index (χ1) is 9.91. The van der Waals surface area contributed by atoms with E-state index in [4.69, 9.17) is 16.3 Å². The van der Waals surface area contributed by atoms with Crippen LogP contribution in [0.3, 0.4) is 0 Å². The van der Waals surface area contributed by atoms with E-state index < -0.39 is 10.0 Å². The molecule has 1 heterocycles. The van der Waals surface area contributed by atoms with Gasteiger partial charge in [-0.3, -0.25) is 4.72 Å². The van der Waals surface area contributed by atoms with Gasteiger partial charge in [-0.05, 0) is 50.4 Å². The lowest BCUT2D eigenvalue weighted by molar-refractivity contribution is 0.401. The van der Waals surface area contributed by atoms with Gasteiger partial charge in [0.05, 0.1) is 18.6 Å². The van der Waals surface area contributed by atoms with Crippen LogP contribution in [0.1, 0.15) is 18.4 Å². The van der Waals surface area contributed by atoms with Gasteiger partial charge in [-0.15, -0.1) is 0 Å². The van der Waals surface area contributed by atoms with Crippen LogP contribution in [0.4, 0.5) is 5.69 Å². The number of sulfonamides is 1. The molecule has 0 atom stereocenters. The minimum atomic E-state index is -3.40. The largest absolute Gasteiger partial charge is 0.495 e. The molecule has 0 radical (unpaired) electrons. The molecular formula is C14H21ClN2O3S. The molecule has 1 aromatic rings. The number of anilines is 1. The zero-order chi connectivity index (χ0) is 15.5. The maximum absolute atomic E-state index is 12.3. The number of hydrogen-bond acceptors (Lipinski definition) is 4. The van der Waals surface area contributed by atoms with E-state index in [1.54, 1.807) is 12.1 Å². The maximum Gasteiger partial charge on any atom is 0.233 e. The lowest BCUT2D eigenvalue weighted by atomic mass is 10.0. The normalized spacial score (nSPS) is 16.7. The van der Waals surface area contributed by atoms with Crippen LogP contribution in [0, 0.1) is 12.8 Å². The van der Waals surface area contributed by atoms with Crippen LogP contribution < -0.4 is 14.8 Å². The number of benzene rings is 1. The second-order valence-electron chi connectivity index (χ2n) is 5.38. The first-order valence-corrected chi connectivity index (χ1v) is 8.99. The van der Waals surface area contributed by atoms with Crippen molar-refractivity contribution in [2.75, 3.05) is 30.7 Å². The highest BCUT2D eigenvalue weighted by molar-refractivity contribution is 7.92. The summed E-state index contributed by atoms with van der Waals surface area (Å²) in [5, 5.41) is 3.78. The van der Waals surface area contributed by atoms with Crippen LogP contribution in [-0.4, -0.2) is 34.4 Å². The second kappa shape index (κ2) is 6.85. The molecule has 1 aliphatic heterocycles. The van der Waals surface area contributed by atoms with Crippen molar-refractivity contribution in [3.63, 3.8) is 0 Å². The molecule has 1 aromatic carbocycles. The molecule has 0 amide bonds. The Bertz CT molecular complexity index is 598. The maximum atomic E-state index is 12.3. The predicted molar refractivity (Wildman–Crippen MR) is 85.7 cm³/mol. The van der Waals surface area contributed by atoms with Gasteiger partial charge in [0, 0.05) is 11.1 Å². The number of piperidine rings is 1. The van der Waals surface area contributed by atoms with Crippen molar-refractivity contribution in [3.8, 4) is 5.75 Å². The molecule has 2 rings (SSSR count). The van der Waals surface area contributed by atoms with Crippen molar-refractivity contribution in [3.05, 3.63) is 22.7 Å². The standard InChI is InChI=1S/C14H21ClN2O3S/c1-10-7-13(14(20-2)8-12(10)15)17-21(18,19)9-11-3-5-16-6-4-11/h7-8,11,16-17H,3-6,9H2,1-2H3. The van der Waals surface area contributed by atoms with E-state index in [-0.39, 0.29) is 11.7 Å². The first-order valence-electron chi connectivity index (χ1n) is 6.96. The fraction of sp³-hybridized carbons (Fsp3) is 0.571. The van der Waals surface area contributed by atoms with Crippen LogP contribution >= 0.6 is 11.6 Å². The molecule has 0 saturated carbocycles. The third kappa shape index (κ3) is 4.49. The van der Waals surface area contributed by atoms with Crippen LogP contribution in [0.5, 0.6) is 5.75 Å². The van der Waals surface area contributed by atoms with Gasteiger partial charge in [-0.2, -0.15) is 0 Å². The Morgan fingerprint density at radius 2 is 2.05 bits per heavy atom. The van der Waals surface area contributed by atoms with Crippen molar-refractivity contribution in [1.29, 1.82) is 0 Å². The Kier molecular flexibility index (Phi) is 5.35. The van der Waals surface area contributed by atoms with Gasteiger partial charge in [0.1, 0.15) is 5.75 Å². The highest BCUT2D eigenvalue weighted by atomic mass is 35.5. The summed E-state index contributed by atoms with van der Waals surface area (Å²) < 4.78 is 32.4. The zero-order valence-electron chi connectivity index (χ0n) is 12.3. The number of nitrogens with one attached hydrogen (secondary N) is 2. The van der Waals surface area contributed by atoms with Crippen molar-refractivity contribution >= 4 is 27.3 Å². The quantitative estimate of drug-likeness (QED) is 0.869. The zero-order valence-corrected chi connectivity index (χ0v) is 13.9. The molecule has 2 N–H and O–H groups in total. The summed E-state index contributed by atoms with van der Waals surface area (Å²) in [5.74, 6) is 0.766. The SMILES string of the molecule is COc1cc(Cl)c(C)cc1NS(=O)(=O)CC1CCNCC1. The molecule has 21 heavy (non-hydrogen) atoms. The third-order valence-electron chi connectivity index (χ3n) is 3.66. The van der Waals surface area contributed by atoms with Crippen molar-refractivity contribution in [1.82, 2.24) is 5.32 Å². The van der Waals surface area contributed by atoms with Gasteiger partial charge in [0.2, 0.25) is 10.0 Å². The number of hydrogen-bond donors (Lipinski definition) is 2. The second-order valence-corrected chi connectivity index (χ2v) is 7.55. The first kappa shape index (κ1) is 16.4. The average molecular weight is 333 g/mol. The van der Waals surface area contributed by atoms with Gasteiger partial charge in [0.15, 0.2) is 0 Å². The molecule has 0 spiro atoms. The lowest BCUT2D eigenvalue weighted by Gasteiger charge is -2.23. The summed E-state index contributed by atoms with van der Waals surface area (Å²) in [4.78, 5) is 0. The van der Waals surface area contributed by atoms with E-state index in [0.29, 0.717) is 16.5 Å². The molecule has 0 unspecified atom stereocenters. The van der Waals surface area contributed by atoms with Gasteiger partial charge >= 0.3 is 0 Å². The summed E-state index contributed by atoms with van der Waals surface area (Å²) in [6, 6.07) is 3.32. The van der Waals surface area contributed by atoms with Crippen LogP contribution in [0.2, 0.25) is 5.02 Å². The lowest BCUT2D eigenvalue weighted by Crippen LogP contribution is -2.33. The van der Waals surface area contributed by atoms with E-state index in [1.165, 1.54) is 7.11 Å². The minimum absolute atomic E-state index is 0.138. The topological polar surface area (TPSA) is 67.4 Å². The van der Waals surface area contributed by atoms with Crippen LogP contribution in [0.25, 0.3) is 0 Å². The molecule has 1 fully saturated rings. The number of halogens is 1. The van der Waals surface area contributed by atoms with E-state index in [2.05, 4.69) is 10.0 Å². The van der Waals surface area contributed by atoms with E-state index >= 15 is 0 Å². The summed E-state index contributed by atoms with van der Waals surface area (Å²) in [6.07, 6.45) is 1.77. The Labute approximate surface area is 131 Å². The average Bonchev–Trinajstić information content (AvgIpc) is 2.42. The molecule has 7 heteroatoms. The Hall–Kier alpha value is -0.980. The van der Waals surface area contributed by atoms with Crippen LogP contribution in [-0.2, 0) is 10.0 Å². The van der Waals surface area contributed by atoms with Gasteiger partial charge in [-0.25, -0.2) is 8.42 Å². The van der Waals surface area contributed by atoms with Gasteiger partial charge < -0.3 is 10.1 Å². The number of ether oxygens (including phenoxy) is 1. The summed E-state index contributed by atoms with van der Waals surface area (Å²) in [6.45, 7) is 3.58. The molecule has 0 aliphatic carbocycles. The van der Waals surface area contributed by atoms with E-state index in [0.717, 1.165) is 31.5 Å². The molecule has 1 saturated heterocycles. The summed E-state index contributed by atoms with van der Waals surface area (Å²) >= 11 is 6.03. The number of aryl methyl sites for hydroxylation is 1. The summed E-state index contributed by atoms with van der Waals surface area (Å²) in [7, 11) is -1.91. The number of rotatable bonds is 5. The Morgan fingerprint density at radius 3 is 2.67 bits per heavy atom. The smallest absolute Gasteiger partial charge is 0.233 e. The molecule has 0 bridgehead atoms. The van der Waals surface area contributed by atoms with E-state index in [9.17, 15) is 8.42 Å². The molecule has 1 aliphatic rings. The predicted octanol–water partition coefficient (Wildman–Crippen LogP) is 2.40. The molecule has 5 nitrogen and oxygen atoms in total. The third-order valence-corrected chi connectivity index (χ3v) is 5.51. The number of methoxy groups -OCH3 is 1. The highest BCUT2D eigenvalue weighted by Crippen LogP contribution is 2.32. The summed E-state index contributed by atoms with van der Waals surface area (Å²) in [5.41, 5.74) is 1.24. The highest BCUT2D eigenvalue weighted by Gasteiger charge is 2.22. The molecule has 0 aromatic heterocycles. The monoisotopic (exact) mass is 332 g/mol. The Morgan fingerprint density at radius 1 is 1.38 bits per heavy atom. The van der Waals surface area contributed by atoms with Crippen LogP contribution in [0.15, 0.2) is 12.1 Å². The van der Waals surface area contributed by atoms with Crippen molar-refractivity contribution in [2.45, 2.75) is 19.8 Å². The van der Waals surface area contributed by atoms with Gasteiger partial charge in [-0.1, -0.05) is 11.6 Å². The molecular weight excluding hydrogens is 312 g/mol. The fourth-order valence-electron chi connectivity index (χ4n) is 2.48. The van der Waals surface area contributed by atoms with Gasteiger partial charge in [0.25, 0.3) is 0 Å². The minimum Gasteiger partial charge on any atom is -0.495 e. The fourth-order valence-corrected chi connectivity index (χ4v) is 4.17. The molecule has 118 valence electrons.